The van der Waals surface area contributed by atoms with E-state index in [-0.39, 0.29) is 0 Å². The van der Waals surface area contributed by atoms with Crippen LogP contribution in [0.25, 0.3) is 0 Å². The predicted molar refractivity (Wildman–Crippen MR) is 34.3 cm³/mol. The molecule has 1 rings (SSSR count). The van der Waals surface area contributed by atoms with E-state index in [9.17, 15) is 4.79 Å². The van der Waals surface area contributed by atoms with Crippen LogP contribution in [0.5, 0.6) is 0 Å². The zero-order valence-corrected chi connectivity index (χ0v) is 5.37. The second-order valence-corrected chi connectivity index (χ2v) is 2.83. The molecule has 0 bridgehead atoms. The molecule has 0 aromatic carbocycles. The van der Waals surface area contributed by atoms with E-state index in [2.05, 4.69) is 5.32 Å². The van der Waals surface area contributed by atoms with Crippen molar-refractivity contribution in [3.63, 3.8) is 0 Å². The van der Waals surface area contributed by atoms with Gasteiger partial charge < -0.3 is 5.32 Å². The van der Waals surface area contributed by atoms with Crippen molar-refractivity contribution in [2.75, 3.05) is 0 Å². The number of hydrogen-bond acceptors (Lipinski definition) is 3. The van der Waals surface area contributed by atoms with Crippen molar-refractivity contribution in [3.8, 4) is 0 Å². The van der Waals surface area contributed by atoms with E-state index >= 15 is 0 Å². The summed E-state index contributed by atoms with van der Waals surface area (Å²) in [7, 11) is 0. The Morgan fingerprint density at radius 2 is 2.75 bits per heavy atom. The van der Waals surface area contributed by atoms with Crippen LogP contribution < -0.4 is 5.32 Å². The van der Waals surface area contributed by atoms with Gasteiger partial charge in [0.05, 0.1) is 11.1 Å². The first-order valence-electron chi connectivity index (χ1n) is 2.40. The van der Waals surface area contributed by atoms with Gasteiger partial charge in [-0.2, -0.15) is 0 Å². The largest absolute Gasteiger partial charge is 0.370 e. The molecule has 8 heavy (non-hydrogen) atoms. The standard InChI is InChI=1S/C5H7NOS/c1-4-6-5(2-7)3-8-4/h2-4,6H,1H3. The fourth-order valence-electron chi connectivity index (χ4n) is 0.540. The van der Waals surface area contributed by atoms with Crippen molar-refractivity contribution >= 4 is 18.0 Å². The number of nitrogens with one attached hydrogen (secondary N) is 1. The molecule has 44 valence electrons. The minimum absolute atomic E-state index is 0.371. The molecule has 1 unspecified atom stereocenters. The molecule has 0 saturated heterocycles. The lowest BCUT2D eigenvalue weighted by atomic mass is 10.5. The highest BCUT2D eigenvalue weighted by Gasteiger charge is 2.08. The number of carbonyl (C=O) groups excluding carboxylic acids is 1. The van der Waals surface area contributed by atoms with Crippen LogP contribution in [0.4, 0.5) is 0 Å². The molecule has 0 fully saturated rings. The molecule has 0 aromatic rings. The van der Waals surface area contributed by atoms with Gasteiger partial charge in [-0.05, 0) is 12.3 Å². The van der Waals surface area contributed by atoms with Crippen molar-refractivity contribution < 1.29 is 4.79 Å². The van der Waals surface area contributed by atoms with Gasteiger partial charge in [-0.15, -0.1) is 11.8 Å². The van der Waals surface area contributed by atoms with Crippen LogP contribution in [-0.2, 0) is 4.79 Å². The maximum absolute atomic E-state index is 10.0. The van der Waals surface area contributed by atoms with Crippen LogP contribution in [0.2, 0.25) is 0 Å². The first-order chi connectivity index (χ1) is 3.83. The summed E-state index contributed by atoms with van der Waals surface area (Å²) in [4.78, 5) is 10.0. The summed E-state index contributed by atoms with van der Waals surface area (Å²) < 4.78 is 0. The summed E-state index contributed by atoms with van der Waals surface area (Å²) in [5.41, 5.74) is 0.697. The van der Waals surface area contributed by atoms with Crippen LogP contribution >= 0.6 is 11.8 Å². The van der Waals surface area contributed by atoms with Gasteiger partial charge in [0.2, 0.25) is 0 Å². The average Bonchev–Trinajstić information content (AvgIpc) is 2.14. The molecule has 1 aliphatic rings. The number of hydrogen-bond donors (Lipinski definition) is 1. The normalized spacial score (nSPS) is 26.6. The second-order valence-electron chi connectivity index (χ2n) is 1.61. The fourth-order valence-corrected chi connectivity index (χ4v) is 1.22. The lowest BCUT2D eigenvalue weighted by molar-refractivity contribution is -0.105. The maximum Gasteiger partial charge on any atom is 0.166 e. The van der Waals surface area contributed by atoms with Gasteiger partial charge in [0, 0.05) is 0 Å². The van der Waals surface area contributed by atoms with Crippen molar-refractivity contribution in [2.45, 2.75) is 12.3 Å². The van der Waals surface area contributed by atoms with Crippen molar-refractivity contribution in [1.82, 2.24) is 5.32 Å². The molecule has 1 N–H and O–H groups in total. The summed E-state index contributed by atoms with van der Waals surface area (Å²) in [6, 6.07) is 0. The Morgan fingerprint density at radius 3 is 3.00 bits per heavy atom. The van der Waals surface area contributed by atoms with Crippen LogP contribution in [0.1, 0.15) is 6.92 Å². The minimum atomic E-state index is 0.371. The number of aldehydes is 1. The van der Waals surface area contributed by atoms with E-state index in [1.807, 2.05) is 12.3 Å². The maximum atomic E-state index is 10.0. The van der Waals surface area contributed by atoms with E-state index < -0.39 is 0 Å². The highest BCUT2D eigenvalue weighted by Crippen LogP contribution is 2.17. The highest BCUT2D eigenvalue weighted by molar-refractivity contribution is 8.02. The molecule has 0 spiro atoms. The molecule has 1 aliphatic heterocycles. The first-order valence-corrected chi connectivity index (χ1v) is 3.34. The minimum Gasteiger partial charge on any atom is -0.370 e. The van der Waals surface area contributed by atoms with Gasteiger partial charge in [-0.3, -0.25) is 4.79 Å². The van der Waals surface area contributed by atoms with Gasteiger partial charge >= 0.3 is 0 Å². The molecule has 1 atom stereocenters. The third kappa shape index (κ3) is 1.04. The van der Waals surface area contributed by atoms with Crippen LogP contribution in [0.3, 0.4) is 0 Å². The zero-order valence-electron chi connectivity index (χ0n) is 4.55. The third-order valence-corrected chi connectivity index (χ3v) is 1.81. The summed E-state index contributed by atoms with van der Waals surface area (Å²) in [5.74, 6) is 0. The van der Waals surface area contributed by atoms with Crippen LogP contribution in [0, 0.1) is 0 Å². The summed E-state index contributed by atoms with van der Waals surface area (Å²) in [5, 5.41) is 5.16. The van der Waals surface area contributed by atoms with E-state index in [4.69, 9.17) is 0 Å². The van der Waals surface area contributed by atoms with Crippen molar-refractivity contribution in [1.29, 1.82) is 0 Å². The van der Waals surface area contributed by atoms with Gasteiger partial charge in [-0.1, -0.05) is 0 Å². The predicted octanol–water partition coefficient (Wildman–Crippen LogP) is 0.709. The van der Waals surface area contributed by atoms with Crippen molar-refractivity contribution in [3.05, 3.63) is 11.1 Å². The van der Waals surface area contributed by atoms with E-state index in [1.54, 1.807) is 11.8 Å². The Balaban J connectivity index is 2.49. The molecule has 0 aliphatic carbocycles. The van der Waals surface area contributed by atoms with E-state index in [0.717, 1.165) is 6.29 Å². The number of carbonyl (C=O) groups is 1. The SMILES string of the molecule is CC1NC(C=O)=CS1. The van der Waals surface area contributed by atoms with Gasteiger partial charge in [-0.25, -0.2) is 0 Å². The molecule has 2 nitrogen and oxygen atoms in total. The number of rotatable bonds is 1. The van der Waals surface area contributed by atoms with Crippen molar-refractivity contribution in [2.24, 2.45) is 0 Å². The average molecular weight is 129 g/mol. The quantitative estimate of drug-likeness (QED) is 0.529. The van der Waals surface area contributed by atoms with E-state index in [1.165, 1.54) is 0 Å². The monoisotopic (exact) mass is 129 g/mol. The highest BCUT2D eigenvalue weighted by atomic mass is 32.2. The molecule has 0 aromatic heterocycles. The second kappa shape index (κ2) is 2.22. The van der Waals surface area contributed by atoms with Crippen LogP contribution in [0.15, 0.2) is 11.1 Å². The van der Waals surface area contributed by atoms with Crippen LogP contribution in [-0.4, -0.2) is 11.7 Å². The summed E-state index contributed by atoms with van der Waals surface area (Å²) >= 11 is 1.63. The summed E-state index contributed by atoms with van der Waals surface area (Å²) in [6.07, 6.45) is 0.830. The van der Waals surface area contributed by atoms with Gasteiger partial charge in [0.1, 0.15) is 0 Å². The molecule has 0 radical (unpaired) electrons. The Hall–Kier alpha value is -0.440. The number of thioether (sulfide) groups is 1. The molecular formula is C5H7NOS. The summed E-state index contributed by atoms with van der Waals surface area (Å²) in [6.45, 7) is 2.01. The fraction of sp³-hybridized carbons (Fsp3) is 0.400. The molecule has 1 heterocycles. The lowest BCUT2D eigenvalue weighted by Gasteiger charge is -1.99. The van der Waals surface area contributed by atoms with Gasteiger partial charge in [0.25, 0.3) is 0 Å². The Labute approximate surface area is 52.3 Å². The molecule has 3 heteroatoms. The van der Waals surface area contributed by atoms with Gasteiger partial charge in [0.15, 0.2) is 6.29 Å². The Morgan fingerprint density at radius 1 is 2.00 bits per heavy atom. The van der Waals surface area contributed by atoms with E-state index in [0.29, 0.717) is 11.1 Å². The lowest BCUT2D eigenvalue weighted by Crippen LogP contribution is -2.16. The Kier molecular flexibility index (Phi) is 1.58. The molecular weight excluding hydrogens is 122 g/mol. The molecule has 0 amide bonds. The number of allylic oxidation sites excluding steroid dienone is 1. The first kappa shape index (κ1) is 5.69. The third-order valence-electron chi connectivity index (χ3n) is 0.896. The Bertz CT molecular complexity index is 132. The zero-order chi connectivity index (χ0) is 5.98. The molecule has 0 saturated carbocycles. The smallest absolute Gasteiger partial charge is 0.166 e. The topological polar surface area (TPSA) is 29.1 Å².